The number of aromatic nitrogens is 2. The molecule has 1 aromatic carbocycles. The van der Waals surface area contributed by atoms with Gasteiger partial charge in [-0.25, -0.2) is 14.6 Å². The highest BCUT2D eigenvalue weighted by Gasteiger charge is 2.46. The summed E-state index contributed by atoms with van der Waals surface area (Å²) in [4.78, 5) is 39.9. The van der Waals surface area contributed by atoms with Gasteiger partial charge in [0.15, 0.2) is 0 Å². The highest BCUT2D eigenvalue weighted by molar-refractivity contribution is 5.89. The largest absolute Gasteiger partial charge is 0.447 e. The molecule has 4 unspecified atom stereocenters. The molecule has 0 aliphatic carbocycles. The summed E-state index contributed by atoms with van der Waals surface area (Å²) in [6, 6.07) is 10.5. The second-order valence-corrected chi connectivity index (χ2v) is 12.6. The fourth-order valence-corrected chi connectivity index (χ4v) is 5.73. The highest BCUT2D eigenvalue weighted by Crippen LogP contribution is 2.34. The van der Waals surface area contributed by atoms with Crippen LogP contribution in [0.2, 0.25) is 0 Å². The van der Waals surface area contributed by atoms with Gasteiger partial charge in [0.25, 0.3) is 0 Å². The van der Waals surface area contributed by atoms with Crippen molar-refractivity contribution in [3.63, 3.8) is 0 Å². The normalized spacial score (nSPS) is 23.9. The van der Waals surface area contributed by atoms with Crippen molar-refractivity contribution in [2.24, 2.45) is 11.8 Å². The van der Waals surface area contributed by atoms with Crippen LogP contribution in [0.15, 0.2) is 36.5 Å². The molecule has 3 fully saturated rings. The Balaban J connectivity index is 1.16. The third kappa shape index (κ3) is 6.16. The Labute approximate surface area is 237 Å². The van der Waals surface area contributed by atoms with Gasteiger partial charge in [-0.15, -0.1) is 0 Å². The second kappa shape index (κ2) is 11.2. The van der Waals surface area contributed by atoms with Crippen molar-refractivity contribution in [3.05, 3.63) is 47.7 Å². The molecule has 0 bridgehead atoms. The standard InChI is InChI=1S/C30H42N6O4/c1-19(2)25-18-39-29(38)36(25)26-11-13-31-27(33-26)32-20(3)22-9-7-21(8-10-22)15-34-14-12-23-16-35(24(23)17-34)28(37)40-30(4,5)6/h7-11,13,19-20,23-25H,12,14-18H2,1-6H3,(H,31,32,33). The summed E-state index contributed by atoms with van der Waals surface area (Å²) in [6.07, 6.45) is 2.20. The van der Waals surface area contributed by atoms with Gasteiger partial charge in [0.2, 0.25) is 5.95 Å². The maximum absolute atomic E-state index is 12.6. The molecule has 4 heterocycles. The molecule has 10 nitrogen and oxygen atoms in total. The molecule has 0 saturated carbocycles. The summed E-state index contributed by atoms with van der Waals surface area (Å²) >= 11 is 0. The topological polar surface area (TPSA) is 100 Å². The molecule has 0 radical (unpaired) electrons. The number of ether oxygens (including phenoxy) is 2. The molecule has 3 aliphatic heterocycles. The molecule has 3 saturated heterocycles. The number of piperidine rings is 1. The molecule has 3 aliphatic rings. The summed E-state index contributed by atoms with van der Waals surface area (Å²) in [5.74, 6) is 1.83. The van der Waals surface area contributed by atoms with E-state index in [1.165, 1.54) is 5.56 Å². The van der Waals surface area contributed by atoms with Gasteiger partial charge in [0.1, 0.15) is 18.0 Å². The predicted molar refractivity (Wildman–Crippen MR) is 153 cm³/mol. The Morgan fingerprint density at radius 3 is 2.60 bits per heavy atom. The van der Waals surface area contributed by atoms with Crippen molar-refractivity contribution in [2.45, 2.75) is 78.2 Å². The van der Waals surface area contributed by atoms with Crippen LogP contribution in [0, 0.1) is 11.8 Å². The van der Waals surface area contributed by atoms with Crippen LogP contribution in [0.5, 0.6) is 0 Å². The van der Waals surface area contributed by atoms with E-state index >= 15 is 0 Å². The molecule has 10 heteroatoms. The average molecular weight is 551 g/mol. The lowest BCUT2D eigenvalue weighted by Gasteiger charge is -2.53. The third-order valence-corrected chi connectivity index (χ3v) is 8.06. The molecule has 0 spiro atoms. The lowest BCUT2D eigenvalue weighted by Crippen LogP contribution is -2.66. The Morgan fingerprint density at radius 2 is 1.90 bits per heavy atom. The Hall–Kier alpha value is -3.40. The molecule has 1 N–H and O–H groups in total. The maximum Gasteiger partial charge on any atom is 0.415 e. The SMILES string of the molecule is CC(Nc1nccc(N2C(=O)OCC2C(C)C)n1)c1ccc(CN2CCC3CN(C(=O)OC(C)(C)C)C3C2)cc1. The van der Waals surface area contributed by atoms with Crippen molar-refractivity contribution < 1.29 is 19.1 Å². The number of benzene rings is 1. The van der Waals surface area contributed by atoms with Crippen LogP contribution in [0.3, 0.4) is 0 Å². The van der Waals surface area contributed by atoms with Crippen molar-refractivity contribution in [1.82, 2.24) is 19.8 Å². The number of anilines is 2. The monoisotopic (exact) mass is 550 g/mol. The highest BCUT2D eigenvalue weighted by atomic mass is 16.6. The summed E-state index contributed by atoms with van der Waals surface area (Å²) < 4.78 is 10.9. The number of carbonyl (C=O) groups is 2. The van der Waals surface area contributed by atoms with Gasteiger partial charge < -0.3 is 19.7 Å². The van der Waals surface area contributed by atoms with Crippen LogP contribution in [-0.4, -0.2) is 75.9 Å². The Kier molecular flexibility index (Phi) is 7.90. The number of carbonyl (C=O) groups excluding carboxylic acids is 2. The van der Waals surface area contributed by atoms with Crippen LogP contribution in [0.1, 0.15) is 65.1 Å². The molecule has 2 amide bonds. The predicted octanol–water partition coefficient (Wildman–Crippen LogP) is 5.07. The van der Waals surface area contributed by atoms with E-state index in [1.54, 1.807) is 17.2 Å². The van der Waals surface area contributed by atoms with E-state index in [4.69, 9.17) is 9.47 Å². The number of hydrogen-bond donors (Lipinski definition) is 1. The number of likely N-dealkylation sites (tertiary alicyclic amines) is 2. The second-order valence-electron chi connectivity index (χ2n) is 12.6. The first-order valence-electron chi connectivity index (χ1n) is 14.3. The van der Waals surface area contributed by atoms with Gasteiger partial charge in [-0.05, 0) is 69.7 Å². The van der Waals surface area contributed by atoms with Gasteiger partial charge in [0, 0.05) is 25.8 Å². The molecular weight excluding hydrogens is 508 g/mol. The van der Waals surface area contributed by atoms with Gasteiger partial charge in [0.05, 0.1) is 18.1 Å². The zero-order chi connectivity index (χ0) is 28.6. The first-order valence-corrected chi connectivity index (χ1v) is 14.3. The lowest BCUT2D eigenvalue weighted by molar-refractivity contribution is -0.0601. The molecule has 1 aromatic heterocycles. The number of rotatable bonds is 7. The van der Waals surface area contributed by atoms with Crippen molar-refractivity contribution in [3.8, 4) is 0 Å². The fraction of sp³-hybridized carbons (Fsp3) is 0.600. The van der Waals surface area contributed by atoms with Gasteiger partial charge in [-0.3, -0.25) is 9.80 Å². The van der Waals surface area contributed by atoms with Crippen LogP contribution in [-0.2, 0) is 16.0 Å². The Bertz CT molecular complexity index is 1210. The molecule has 40 heavy (non-hydrogen) atoms. The third-order valence-electron chi connectivity index (χ3n) is 8.06. The lowest BCUT2D eigenvalue weighted by atomic mass is 9.82. The van der Waals surface area contributed by atoms with E-state index in [0.29, 0.717) is 24.3 Å². The van der Waals surface area contributed by atoms with Crippen LogP contribution in [0.4, 0.5) is 21.4 Å². The van der Waals surface area contributed by atoms with Crippen LogP contribution >= 0.6 is 0 Å². The van der Waals surface area contributed by atoms with E-state index in [9.17, 15) is 9.59 Å². The van der Waals surface area contributed by atoms with E-state index in [-0.39, 0.29) is 36.2 Å². The summed E-state index contributed by atoms with van der Waals surface area (Å²) in [6.45, 7) is 15.9. The average Bonchev–Trinajstić information content (AvgIpc) is 3.27. The van der Waals surface area contributed by atoms with Crippen molar-refractivity contribution in [1.29, 1.82) is 0 Å². The minimum absolute atomic E-state index is 0.0242. The quantitative estimate of drug-likeness (QED) is 0.510. The number of amides is 2. The van der Waals surface area contributed by atoms with E-state index in [1.807, 2.05) is 25.7 Å². The molecule has 4 atom stereocenters. The zero-order valence-corrected chi connectivity index (χ0v) is 24.5. The molecule has 2 aromatic rings. The Morgan fingerprint density at radius 1 is 1.15 bits per heavy atom. The smallest absolute Gasteiger partial charge is 0.415 e. The number of fused-ring (bicyclic) bond motifs is 1. The molecule has 216 valence electrons. The van der Waals surface area contributed by atoms with Crippen LogP contribution < -0.4 is 10.2 Å². The van der Waals surface area contributed by atoms with E-state index in [2.05, 4.69) is 65.2 Å². The van der Waals surface area contributed by atoms with Gasteiger partial charge in [-0.1, -0.05) is 38.1 Å². The summed E-state index contributed by atoms with van der Waals surface area (Å²) in [7, 11) is 0. The fourth-order valence-electron chi connectivity index (χ4n) is 5.73. The number of cyclic esters (lactones) is 1. The number of hydrogen-bond acceptors (Lipinski definition) is 8. The van der Waals surface area contributed by atoms with Gasteiger partial charge in [-0.2, -0.15) is 4.98 Å². The van der Waals surface area contributed by atoms with E-state index in [0.717, 1.165) is 38.2 Å². The summed E-state index contributed by atoms with van der Waals surface area (Å²) in [5.41, 5.74) is 1.88. The minimum atomic E-state index is -0.474. The van der Waals surface area contributed by atoms with E-state index < -0.39 is 5.60 Å². The minimum Gasteiger partial charge on any atom is -0.447 e. The summed E-state index contributed by atoms with van der Waals surface area (Å²) in [5, 5.41) is 3.37. The molecule has 5 rings (SSSR count). The first kappa shape index (κ1) is 28.1. The van der Waals surface area contributed by atoms with Crippen molar-refractivity contribution in [2.75, 3.05) is 36.5 Å². The first-order chi connectivity index (χ1) is 19.0. The zero-order valence-electron chi connectivity index (χ0n) is 24.5. The van der Waals surface area contributed by atoms with Crippen LogP contribution in [0.25, 0.3) is 0 Å². The molecular formula is C30H42N6O4. The number of nitrogens with zero attached hydrogens (tertiary/aromatic N) is 5. The van der Waals surface area contributed by atoms with Gasteiger partial charge >= 0.3 is 12.2 Å². The van der Waals surface area contributed by atoms with Crippen molar-refractivity contribution >= 4 is 24.0 Å². The maximum atomic E-state index is 12.6. The number of nitrogens with one attached hydrogen (secondary N) is 1.